The second-order valence-corrected chi connectivity index (χ2v) is 5.83. The molecule has 0 spiro atoms. The van der Waals surface area contributed by atoms with Gasteiger partial charge in [0, 0.05) is 31.8 Å². The molecule has 2 rings (SSSR count). The number of anilines is 1. The molecule has 1 aromatic carbocycles. The van der Waals surface area contributed by atoms with E-state index < -0.39 is 0 Å². The number of nitrogens with one attached hydrogen (secondary N) is 1. The zero-order valence-electron chi connectivity index (χ0n) is 12.3. The summed E-state index contributed by atoms with van der Waals surface area (Å²) in [6, 6.07) is 7.27. The molecule has 0 saturated carbocycles. The van der Waals surface area contributed by atoms with E-state index in [0.717, 1.165) is 36.2 Å². The topological polar surface area (TPSA) is 54.4 Å². The Kier molecular flexibility index (Phi) is 4.45. The number of benzene rings is 1. The molecular weight excluding hydrogens is 252 g/mol. The second-order valence-electron chi connectivity index (χ2n) is 5.83. The van der Waals surface area contributed by atoms with Crippen LogP contribution >= 0.6 is 0 Å². The first kappa shape index (κ1) is 14.6. The third-order valence-corrected chi connectivity index (χ3v) is 3.47. The normalized spacial score (nSPS) is 11.8. The number of hydrogen-bond donors (Lipinski definition) is 2. The van der Waals surface area contributed by atoms with Crippen LogP contribution in [0, 0.1) is 5.41 Å². The van der Waals surface area contributed by atoms with Crippen LogP contribution < -0.4 is 5.32 Å². The van der Waals surface area contributed by atoms with Gasteiger partial charge in [-0.3, -0.25) is 0 Å². The minimum atomic E-state index is 0.122. The highest BCUT2D eigenvalue weighted by Crippen LogP contribution is 2.27. The Bertz CT molecular complexity index is 582. The summed E-state index contributed by atoms with van der Waals surface area (Å²) >= 11 is 0. The van der Waals surface area contributed by atoms with Crippen molar-refractivity contribution in [2.75, 3.05) is 25.6 Å². The number of ether oxygens (including phenoxy) is 1. The predicted molar refractivity (Wildman–Crippen MR) is 82.2 cm³/mol. The molecule has 2 N–H and O–H groups in total. The molecule has 0 aliphatic heterocycles. The fraction of sp³-hybridized carbons (Fsp3) is 0.438. The molecule has 0 amide bonds. The number of phenolic OH excluding ortho intramolecular Hbond substituents is 1. The van der Waals surface area contributed by atoms with E-state index in [-0.39, 0.29) is 11.2 Å². The quantitative estimate of drug-likeness (QED) is 0.847. The average Bonchev–Trinajstić information content (AvgIpc) is 2.43. The second kappa shape index (κ2) is 6.09. The van der Waals surface area contributed by atoms with Crippen LogP contribution in [0.15, 0.2) is 30.5 Å². The molecular formula is C16H22N2O2. The lowest BCUT2D eigenvalue weighted by Crippen LogP contribution is -2.25. The molecule has 2 aromatic rings. The Hall–Kier alpha value is -1.81. The highest BCUT2D eigenvalue weighted by molar-refractivity contribution is 5.92. The van der Waals surface area contributed by atoms with Crippen LogP contribution in [0.2, 0.25) is 0 Å². The van der Waals surface area contributed by atoms with Crippen molar-refractivity contribution in [3.63, 3.8) is 0 Å². The molecule has 1 aromatic heterocycles. The third kappa shape index (κ3) is 3.61. The monoisotopic (exact) mass is 274 g/mol. The average molecular weight is 274 g/mol. The molecule has 1 heterocycles. The van der Waals surface area contributed by atoms with Crippen molar-refractivity contribution in [1.82, 2.24) is 4.98 Å². The number of methoxy groups -OCH3 is 1. The molecule has 0 radical (unpaired) electrons. The SMILES string of the molecule is COCCC(C)(C)CNc1nccc2ccc(O)cc12. The van der Waals surface area contributed by atoms with Crippen molar-refractivity contribution < 1.29 is 9.84 Å². The number of aromatic hydroxyl groups is 1. The van der Waals surface area contributed by atoms with Crippen molar-refractivity contribution in [2.24, 2.45) is 5.41 Å². The highest BCUT2D eigenvalue weighted by Gasteiger charge is 2.18. The highest BCUT2D eigenvalue weighted by atomic mass is 16.5. The maximum absolute atomic E-state index is 9.63. The standard InChI is InChI=1S/C16H22N2O2/c1-16(2,7-9-20-3)11-18-15-14-10-13(19)5-4-12(14)6-8-17-15/h4-6,8,10,19H,7,9,11H2,1-3H3,(H,17,18). The van der Waals surface area contributed by atoms with Crippen LogP contribution in [-0.2, 0) is 4.74 Å². The number of fused-ring (bicyclic) bond motifs is 1. The molecule has 4 nitrogen and oxygen atoms in total. The van der Waals surface area contributed by atoms with Crippen molar-refractivity contribution in [3.05, 3.63) is 30.5 Å². The first-order valence-electron chi connectivity index (χ1n) is 6.82. The zero-order chi connectivity index (χ0) is 14.6. The van der Waals surface area contributed by atoms with E-state index >= 15 is 0 Å². The summed E-state index contributed by atoms with van der Waals surface area (Å²) < 4.78 is 5.14. The molecule has 0 fully saturated rings. The minimum Gasteiger partial charge on any atom is -0.508 e. The lowest BCUT2D eigenvalue weighted by atomic mass is 9.89. The van der Waals surface area contributed by atoms with E-state index in [9.17, 15) is 5.11 Å². The summed E-state index contributed by atoms with van der Waals surface area (Å²) in [6.07, 6.45) is 2.76. The Labute approximate surface area is 119 Å². The largest absolute Gasteiger partial charge is 0.508 e. The summed E-state index contributed by atoms with van der Waals surface area (Å²) in [4.78, 5) is 4.38. The van der Waals surface area contributed by atoms with E-state index in [4.69, 9.17) is 4.74 Å². The van der Waals surface area contributed by atoms with Gasteiger partial charge in [0.1, 0.15) is 11.6 Å². The van der Waals surface area contributed by atoms with E-state index in [1.54, 1.807) is 25.4 Å². The van der Waals surface area contributed by atoms with Gasteiger partial charge in [0.2, 0.25) is 0 Å². The molecule has 0 aliphatic rings. The smallest absolute Gasteiger partial charge is 0.133 e. The van der Waals surface area contributed by atoms with Crippen LogP contribution in [0.25, 0.3) is 10.8 Å². The van der Waals surface area contributed by atoms with Crippen LogP contribution in [0.5, 0.6) is 5.75 Å². The molecule has 0 unspecified atom stereocenters. The molecule has 0 bridgehead atoms. The van der Waals surface area contributed by atoms with Gasteiger partial charge in [-0.05, 0) is 35.4 Å². The zero-order valence-corrected chi connectivity index (χ0v) is 12.3. The summed E-state index contributed by atoms with van der Waals surface area (Å²) in [7, 11) is 1.72. The number of pyridine rings is 1. The van der Waals surface area contributed by atoms with Gasteiger partial charge in [0.25, 0.3) is 0 Å². The first-order valence-corrected chi connectivity index (χ1v) is 6.82. The Balaban J connectivity index is 2.15. The van der Waals surface area contributed by atoms with Crippen molar-refractivity contribution in [2.45, 2.75) is 20.3 Å². The maximum Gasteiger partial charge on any atom is 0.133 e. The van der Waals surface area contributed by atoms with Gasteiger partial charge in [-0.2, -0.15) is 0 Å². The van der Waals surface area contributed by atoms with E-state index in [1.807, 2.05) is 12.1 Å². The summed E-state index contributed by atoms with van der Waals surface area (Å²) in [5.74, 6) is 1.07. The number of hydrogen-bond acceptors (Lipinski definition) is 4. The first-order chi connectivity index (χ1) is 9.52. The fourth-order valence-electron chi connectivity index (χ4n) is 2.09. The summed E-state index contributed by atoms with van der Waals surface area (Å²) in [5, 5.41) is 15.0. The van der Waals surface area contributed by atoms with Crippen LogP contribution in [-0.4, -0.2) is 30.4 Å². The van der Waals surface area contributed by atoms with Crippen molar-refractivity contribution >= 4 is 16.6 Å². The number of phenols is 1. The Morgan fingerprint density at radius 2 is 2.10 bits per heavy atom. The Morgan fingerprint density at radius 3 is 2.85 bits per heavy atom. The summed E-state index contributed by atoms with van der Waals surface area (Å²) in [6.45, 7) is 5.94. The molecule has 0 atom stereocenters. The van der Waals surface area contributed by atoms with Gasteiger partial charge in [0.15, 0.2) is 0 Å². The van der Waals surface area contributed by atoms with Gasteiger partial charge >= 0.3 is 0 Å². The van der Waals surface area contributed by atoms with E-state index in [0.29, 0.717) is 0 Å². The van der Waals surface area contributed by atoms with E-state index in [2.05, 4.69) is 24.1 Å². The molecule has 20 heavy (non-hydrogen) atoms. The summed E-state index contributed by atoms with van der Waals surface area (Å²) in [5.41, 5.74) is 0.122. The van der Waals surface area contributed by atoms with Crippen molar-refractivity contribution in [1.29, 1.82) is 0 Å². The van der Waals surface area contributed by atoms with Crippen LogP contribution in [0.3, 0.4) is 0 Å². The van der Waals surface area contributed by atoms with Crippen molar-refractivity contribution in [3.8, 4) is 5.75 Å². The molecule has 4 heteroatoms. The minimum absolute atomic E-state index is 0.122. The van der Waals surface area contributed by atoms with Crippen LogP contribution in [0.1, 0.15) is 20.3 Å². The lowest BCUT2D eigenvalue weighted by Gasteiger charge is -2.25. The van der Waals surface area contributed by atoms with Gasteiger partial charge in [-0.15, -0.1) is 0 Å². The number of nitrogens with zero attached hydrogens (tertiary/aromatic N) is 1. The maximum atomic E-state index is 9.63. The molecule has 108 valence electrons. The molecule has 0 saturated heterocycles. The number of aromatic nitrogens is 1. The van der Waals surface area contributed by atoms with Gasteiger partial charge in [-0.25, -0.2) is 4.98 Å². The fourth-order valence-corrected chi connectivity index (χ4v) is 2.09. The lowest BCUT2D eigenvalue weighted by molar-refractivity contribution is 0.157. The predicted octanol–water partition coefficient (Wildman–Crippen LogP) is 3.42. The van der Waals surface area contributed by atoms with Crippen LogP contribution in [0.4, 0.5) is 5.82 Å². The van der Waals surface area contributed by atoms with Gasteiger partial charge < -0.3 is 15.2 Å². The number of rotatable bonds is 6. The van der Waals surface area contributed by atoms with E-state index in [1.165, 1.54) is 0 Å². The third-order valence-electron chi connectivity index (χ3n) is 3.47. The van der Waals surface area contributed by atoms with Gasteiger partial charge in [-0.1, -0.05) is 19.9 Å². The Morgan fingerprint density at radius 1 is 1.30 bits per heavy atom. The van der Waals surface area contributed by atoms with Gasteiger partial charge in [0.05, 0.1) is 0 Å². The molecule has 0 aliphatic carbocycles.